The summed E-state index contributed by atoms with van der Waals surface area (Å²) >= 11 is 0. The number of hydrogen-bond donors (Lipinski definition) is 1. The van der Waals surface area contributed by atoms with Gasteiger partial charge in [0.25, 0.3) is 0 Å². The molecule has 1 atom stereocenters. The highest BCUT2D eigenvalue weighted by Gasteiger charge is 2.20. The molecule has 1 fully saturated rings. The molecule has 1 saturated heterocycles. The third kappa shape index (κ3) is 4.54. The lowest BCUT2D eigenvalue weighted by molar-refractivity contribution is -0.00272. The standard InChI is InChI=1S/C16H17FN2O2/c17-15-5-4-14(13(9-15)3-1-2-7-20)11-19-6-8-21-16(10-18)12-19/h4-5,9,16,20H,2,6-8,11-12H2. The number of hydrogen-bond acceptors (Lipinski definition) is 4. The van der Waals surface area contributed by atoms with E-state index in [0.717, 1.165) is 12.1 Å². The van der Waals surface area contributed by atoms with Crippen LogP contribution in [0.3, 0.4) is 0 Å². The van der Waals surface area contributed by atoms with Crippen molar-refractivity contribution in [1.82, 2.24) is 4.90 Å². The Morgan fingerprint density at radius 3 is 3.10 bits per heavy atom. The van der Waals surface area contributed by atoms with Crippen LogP contribution in [-0.2, 0) is 11.3 Å². The third-order valence-corrected chi connectivity index (χ3v) is 3.22. The van der Waals surface area contributed by atoms with Crippen LogP contribution in [-0.4, -0.2) is 42.4 Å². The van der Waals surface area contributed by atoms with Crippen LogP contribution in [0.5, 0.6) is 0 Å². The Balaban J connectivity index is 2.12. The van der Waals surface area contributed by atoms with Crippen LogP contribution in [0.15, 0.2) is 18.2 Å². The molecule has 1 N–H and O–H groups in total. The summed E-state index contributed by atoms with van der Waals surface area (Å²) in [6.07, 6.45) is -0.0487. The van der Waals surface area contributed by atoms with Gasteiger partial charge in [-0.3, -0.25) is 4.90 Å². The van der Waals surface area contributed by atoms with Crippen molar-refractivity contribution in [2.75, 3.05) is 26.3 Å². The summed E-state index contributed by atoms with van der Waals surface area (Å²) in [5.74, 6) is 5.38. The van der Waals surface area contributed by atoms with Crippen molar-refractivity contribution in [2.45, 2.75) is 19.1 Å². The summed E-state index contributed by atoms with van der Waals surface area (Å²) in [5.41, 5.74) is 1.55. The Kier molecular flexibility index (Phi) is 5.71. The van der Waals surface area contributed by atoms with Crippen molar-refractivity contribution < 1.29 is 14.2 Å². The number of aliphatic hydroxyl groups excluding tert-OH is 1. The van der Waals surface area contributed by atoms with Gasteiger partial charge < -0.3 is 9.84 Å². The number of morpholine rings is 1. The lowest BCUT2D eigenvalue weighted by Crippen LogP contribution is -2.41. The van der Waals surface area contributed by atoms with E-state index in [4.69, 9.17) is 15.1 Å². The van der Waals surface area contributed by atoms with Crippen LogP contribution in [0.1, 0.15) is 17.5 Å². The van der Waals surface area contributed by atoms with E-state index >= 15 is 0 Å². The molecule has 0 amide bonds. The Bertz CT molecular complexity index is 586. The van der Waals surface area contributed by atoms with E-state index in [1.165, 1.54) is 12.1 Å². The molecule has 1 heterocycles. The zero-order chi connectivity index (χ0) is 15.1. The van der Waals surface area contributed by atoms with Gasteiger partial charge in [-0.15, -0.1) is 0 Å². The van der Waals surface area contributed by atoms with E-state index in [-0.39, 0.29) is 12.4 Å². The number of halogens is 1. The largest absolute Gasteiger partial charge is 0.395 e. The highest BCUT2D eigenvalue weighted by molar-refractivity contribution is 5.41. The predicted octanol–water partition coefficient (Wildman–Crippen LogP) is 1.28. The number of rotatable bonds is 3. The van der Waals surface area contributed by atoms with Gasteiger partial charge in [-0.1, -0.05) is 17.9 Å². The fraction of sp³-hybridized carbons (Fsp3) is 0.438. The van der Waals surface area contributed by atoms with Gasteiger partial charge in [0.15, 0.2) is 6.10 Å². The normalized spacial score (nSPS) is 18.6. The first-order valence-corrected chi connectivity index (χ1v) is 6.84. The van der Waals surface area contributed by atoms with E-state index in [1.54, 1.807) is 6.07 Å². The molecule has 4 nitrogen and oxygen atoms in total. The third-order valence-electron chi connectivity index (χ3n) is 3.22. The summed E-state index contributed by atoms with van der Waals surface area (Å²) < 4.78 is 18.7. The maximum absolute atomic E-state index is 13.4. The highest BCUT2D eigenvalue weighted by Crippen LogP contribution is 2.15. The van der Waals surface area contributed by atoms with Crippen LogP contribution in [0.25, 0.3) is 0 Å². The molecule has 1 unspecified atom stereocenters. The Morgan fingerprint density at radius 2 is 2.33 bits per heavy atom. The topological polar surface area (TPSA) is 56.5 Å². The number of benzene rings is 1. The van der Waals surface area contributed by atoms with Gasteiger partial charge >= 0.3 is 0 Å². The molecule has 1 aliphatic heterocycles. The van der Waals surface area contributed by atoms with Crippen molar-refractivity contribution in [2.24, 2.45) is 0 Å². The Hall–Kier alpha value is -1.92. The summed E-state index contributed by atoms with van der Waals surface area (Å²) in [4.78, 5) is 2.10. The number of nitriles is 1. The molecule has 0 saturated carbocycles. The maximum atomic E-state index is 13.4. The summed E-state index contributed by atoms with van der Waals surface area (Å²) in [5, 5.41) is 17.7. The van der Waals surface area contributed by atoms with Crippen molar-refractivity contribution in [3.05, 3.63) is 35.1 Å². The molecule has 1 aliphatic rings. The van der Waals surface area contributed by atoms with E-state index < -0.39 is 6.10 Å². The maximum Gasteiger partial charge on any atom is 0.156 e. The zero-order valence-electron chi connectivity index (χ0n) is 11.7. The van der Waals surface area contributed by atoms with Gasteiger partial charge in [0, 0.05) is 31.6 Å². The SMILES string of the molecule is N#CC1CN(Cc2ccc(F)cc2C#CCCO)CCO1. The molecule has 5 heteroatoms. The smallest absolute Gasteiger partial charge is 0.156 e. The lowest BCUT2D eigenvalue weighted by atomic mass is 10.1. The molecular formula is C16H17FN2O2. The van der Waals surface area contributed by atoms with Gasteiger partial charge in [0.05, 0.1) is 19.3 Å². The van der Waals surface area contributed by atoms with Crippen molar-refractivity contribution in [1.29, 1.82) is 5.26 Å². The lowest BCUT2D eigenvalue weighted by Gasteiger charge is -2.29. The Labute approximate surface area is 123 Å². The fourth-order valence-electron chi connectivity index (χ4n) is 2.18. The minimum Gasteiger partial charge on any atom is -0.395 e. The fourth-order valence-corrected chi connectivity index (χ4v) is 2.18. The summed E-state index contributed by atoms with van der Waals surface area (Å²) in [7, 11) is 0. The van der Waals surface area contributed by atoms with Crippen molar-refractivity contribution in [3.8, 4) is 17.9 Å². The minimum atomic E-state index is -0.414. The number of ether oxygens (including phenoxy) is 1. The molecular weight excluding hydrogens is 271 g/mol. The van der Waals surface area contributed by atoms with Crippen LogP contribution in [0.4, 0.5) is 4.39 Å². The molecule has 0 bridgehead atoms. The monoisotopic (exact) mass is 288 g/mol. The van der Waals surface area contributed by atoms with E-state index in [0.29, 0.717) is 31.7 Å². The first-order valence-electron chi connectivity index (χ1n) is 6.84. The van der Waals surface area contributed by atoms with Gasteiger partial charge in [-0.2, -0.15) is 5.26 Å². The number of nitrogens with zero attached hydrogens (tertiary/aromatic N) is 2. The molecule has 0 aromatic heterocycles. The highest BCUT2D eigenvalue weighted by atomic mass is 19.1. The van der Waals surface area contributed by atoms with Crippen LogP contribution >= 0.6 is 0 Å². The second-order valence-corrected chi connectivity index (χ2v) is 4.80. The molecule has 0 aliphatic carbocycles. The molecule has 2 rings (SSSR count). The summed E-state index contributed by atoms with van der Waals surface area (Å²) in [6.45, 7) is 2.39. The van der Waals surface area contributed by atoms with Gasteiger partial charge in [0.2, 0.25) is 0 Å². The zero-order valence-corrected chi connectivity index (χ0v) is 11.7. The molecule has 110 valence electrons. The molecule has 21 heavy (non-hydrogen) atoms. The van der Waals surface area contributed by atoms with E-state index in [9.17, 15) is 4.39 Å². The first kappa shape index (κ1) is 15.5. The predicted molar refractivity (Wildman–Crippen MR) is 75.6 cm³/mol. The quantitative estimate of drug-likeness (QED) is 0.851. The minimum absolute atomic E-state index is 0.00897. The second kappa shape index (κ2) is 7.75. The van der Waals surface area contributed by atoms with Crippen LogP contribution < -0.4 is 0 Å². The molecule has 1 aromatic carbocycles. The first-order chi connectivity index (χ1) is 10.2. The van der Waals surface area contributed by atoms with Crippen molar-refractivity contribution in [3.63, 3.8) is 0 Å². The average molecular weight is 288 g/mol. The molecule has 0 spiro atoms. The Morgan fingerprint density at radius 1 is 1.48 bits per heavy atom. The van der Waals surface area contributed by atoms with Gasteiger partial charge in [-0.25, -0.2) is 4.39 Å². The average Bonchev–Trinajstić information content (AvgIpc) is 2.50. The number of aliphatic hydroxyl groups is 1. The summed E-state index contributed by atoms with van der Waals surface area (Å²) in [6, 6.07) is 6.64. The molecule has 1 aromatic rings. The van der Waals surface area contributed by atoms with E-state index in [1.807, 2.05) is 0 Å². The molecule has 0 radical (unpaired) electrons. The van der Waals surface area contributed by atoms with Gasteiger partial charge in [-0.05, 0) is 17.7 Å². The van der Waals surface area contributed by atoms with E-state index in [2.05, 4.69) is 22.8 Å². The van der Waals surface area contributed by atoms with Crippen LogP contribution in [0.2, 0.25) is 0 Å². The second-order valence-electron chi connectivity index (χ2n) is 4.80. The van der Waals surface area contributed by atoms with Crippen molar-refractivity contribution >= 4 is 0 Å². The van der Waals surface area contributed by atoms with Crippen LogP contribution in [0, 0.1) is 29.0 Å². The van der Waals surface area contributed by atoms with Gasteiger partial charge in [0.1, 0.15) is 5.82 Å².